The van der Waals surface area contributed by atoms with Crippen molar-refractivity contribution >= 4 is 29.1 Å². The number of rotatable bonds is 12. The SMILES string of the molecule is CC(C)(CC/C=C/C(=O)Nc1ccccc1N)[C@H](OC(=O)Nc1ccc2c(c1)OCO2)c1ccccc1OCCO. The van der Waals surface area contributed by atoms with Gasteiger partial charge >= 0.3 is 6.09 Å². The monoisotopic (exact) mass is 561 g/mol. The maximum Gasteiger partial charge on any atom is 0.412 e. The second-order valence-corrected chi connectivity index (χ2v) is 10.1. The van der Waals surface area contributed by atoms with Gasteiger partial charge in [-0.3, -0.25) is 10.1 Å². The average molecular weight is 562 g/mol. The number of nitrogens with one attached hydrogen (secondary N) is 2. The lowest BCUT2D eigenvalue weighted by Gasteiger charge is -2.35. The van der Waals surface area contributed by atoms with Gasteiger partial charge in [-0.1, -0.05) is 50.3 Å². The van der Waals surface area contributed by atoms with Gasteiger partial charge in [0.25, 0.3) is 0 Å². The zero-order valence-electron chi connectivity index (χ0n) is 23.1. The number of nitrogen functional groups attached to an aromatic ring is 1. The van der Waals surface area contributed by atoms with Crippen molar-refractivity contribution in [3.8, 4) is 17.2 Å². The summed E-state index contributed by atoms with van der Waals surface area (Å²) >= 11 is 0. The van der Waals surface area contributed by atoms with Crippen LogP contribution in [0.15, 0.2) is 78.9 Å². The van der Waals surface area contributed by atoms with Crippen molar-refractivity contribution in [2.45, 2.75) is 32.8 Å². The van der Waals surface area contributed by atoms with E-state index in [9.17, 15) is 14.7 Å². The van der Waals surface area contributed by atoms with Crippen LogP contribution in [0.4, 0.5) is 21.9 Å². The van der Waals surface area contributed by atoms with E-state index in [1.807, 2.05) is 32.0 Å². The number of aliphatic hydroxyl groups excluding tert-OH is 1. The molecule has 0 radical (unpaired) electrons. The molecule has 0 bridgehead atoms. The van der Waals surface area contributed by atoms with Crippen molar-refractivity contribution in [1.82, 2.24) is 0 Å². The Hall–Kier alpha value is -4.70. The smallest absolute Gasteiger partial charge is 0.412 e. The molecule has 10 nitrogen and oxygen atoms in total. The molecule has 3 aromatic carbocycles. The summed E-state index contributed by atoms with van der Waals surface area (Å²) in [6.45, 7) is 4.02. The molecule has 2 amide bonds. The maximum absolute atomic E-state index is 13.1. The second-order valence-electron chi connectivity index (χ2n) is 10.1. The second kappa shape index (κ2) is 13.6. The first kappa shape index (κ1) is 29.3. The van der Waals surface area contributed by atoms with Crippen LogP contribution in [0.3, 0.4) is 0 Å². The van der Waals surface area contributed by atoms with Gasteiger partial charge in [0, 0.05) is 22.7 Å². The summed E-state index contributed by atoms with van der Waals surface area (Å²) in [6.07, 6.45) is 2.96. The molecular formula is C31H35N3O7. The van der Waals surface area contributed by atoms with E-state index < -0.39 is 17.6 Å². The molecule has 0 unspecified atom stereocenters. The zero-order valence-corrected chi connectivity index (χ0v) is 23.1. The van der Waals surface area contributed by atoms with Crippen molar-refractivity contribution in [2.75, 3.05) is 36.4 Å². The summed E-state index contributed by atoms with van der Waals surface area (Å²) in [4.78, 5) is 25.5. The number of hydrogen-bond donors (Lipinski definition) is 4. The lowest BCUT2D eigenvalue weighted by Crippen LogP contribution is -2.29. The van der Waals surface area contributed by atoms with Crippen LogP contribution < -0.4 is 30.6 Å². The first-order valence-electron chi connectivity index (χ1n) is 13.3. The highest BCUT2D eigenvalue weighted by molar-refractivity contribution is 6.01. The lowest BCUT2D eigenvalue weighted by molar-refractivity contribution is -0.111. The first-order chi connectivity index (χ1) is 19.8. The Labute approximate surface area is 239 Å². The van der Waals surface area contributed by atoms with Gasteiger partial charge in [0.15, 0.2) is 11.5 Å². The van der Waals surface area contributed by atoms with E-state index in [1.54, 1.807) is 54.6 Å². The molecule has 216 valence electrons. The van der Waals surface area contributed by atoms with Crippen molar-refractivity contribution in [1.29, 1.82) is 0 Å². The third-order valence-electron chi connectivity index (χ3n) is 6.55. The Morgan fingerprint density at radius 2 is 1.80 bits per heavy atom. The Morgan fingerprint density at radius 1 is 1.05 bits per heavy atom. The van der Waals surface area contributed by atoms with E-state index in [2.05, 4.69) is 10.6 Å². The molecule has 0 saturated carbocycles. The number of carbonyl (C=O) groups is 2. The number of anilines is 3. The molecule has 5 N–H and O–H groups in total. The van der Waals surface area contributed by atoms with E-state index in [0.717, 1.165) is 0 Å². The lowest BCUT2D eigenvalue weighted by atomic mass is 9.78. The Kier molecular flexibility index (Phi) is 9.70. The van der Waals surface area contributed by atoms with Gasteiger partial charge in [-0.25, -0.2) is 4.79 Å². The van der Waals surface area contributed by atoms with Gasteiger partial charge in [-0.05, 0) is 49.2 Å². The van der Waals surface area contributed by atoms with E-state index >= 15 is 0 Å². The summed E-state index contributed by atoms with van der Waals surface area (Å²) in [6, 6.07) is 19.4. The van der Waals surface area contributed by atoms with Crippen molar-refractivity contribution in [3.05, 3.63) is 84.4 Å². The van der Waals surface area contributed by atoms with E-state index in [-0.39, 0.29) is 25.9 Å². The normalized spacial score (nSPS) is 13.0. The predicted molar refractivity (Wildman–Crippen MR) is 156 cm³/mol. The molecule has 41 heavy (non-hydrogen) atoms. The number of aliphatic hydroxyl groups is 1. The highest BCUT2D eigenvalue weighted by Gasteiger charge is 2.36. The van der Waals surface area contributed by atoms with E-state index in [1.165, 1.54) is 6.08 Å². The van der Waals surface area contributed by atoms with E-state index in [4.69, 9.17) is 24.7 Å². The van der Waals surface area contributed by atoms with Gasteiger partial charge < -0.3 is 35.1 Å². The number of allylic oxidation sites excluding steroid dienone is 1. The number of carbonyl (C=O) groups excluding carboxylic acids is 2. The molecule has 0 fully saturated rings. The highest BCUT2D eigenvalue weighted by Crippen LogP contribution is 2.44. The number of nitrogens with two attached hydrogens (primary N) is 1. The fourth-order valence-electron chi connectivity index (χ4n) is 4.42. The number of para-hydroxylation sites is 3. The molecule has 0 saturated heterocycles. The fraction of sp³-hybridized carbons (Fsp3) is 0.290. The van der Waals surface area contributed by atoms with Crippen molar-refractivity contribution in [3.63, 3.8) is 0 Å². The number of ether oxygens (including phenoxy) is 4. The minimum Gasteiger partial charge on any atom is -0.491 e. The van der Waals surface area contributed by atoms with Crippen LogP contribution in [0.2, 0.25) is 0 Å². The van der Waals surface area contributed by atoms with E-state index in [0.29, 0.717) is 52.7 Å². The third-order valence-corrected chi connectivity index (χ3v) is 6.55. The van der Waals surface area contributed by atoms with Crippen LogP contribution in [0, 0.1) is 5.41 Å². The first-order valence-corrected chi connectivity index (χ1v) is 13.3. The molecule has 1 aliphatic heterocycles. The van der Waals surface area contributed by atoms with Crippen molar-refractivity contribution in [2.24, 2.45) is 5.41 Å². The minimum atomic E-state index is -0.724. The molecular weight excluding hydrogens is 526 g/mol. The van der Waals surface area contributed by atoms with Crippen LogP contribution in [0.25, 0.3) is 0 Å². The summed E-state index contributed by atoms with van der Waals surface area (Å²) in [5.41, 5.74) is 7.50. The molecule has 1 heterocycles. The summed E-state index contributed by atoms with van der Waals surface area (Å²) < 4.78 is 22.5. The topological polar surface area (TPSA) is 141 Å². The number of amides is 2. The van der Waals surface area contributed by atoms with Crippen LogP contribution in [-0.4, -0.2) is 37.1 Å². The molecule has 3 aromatic rings. The molecule has 1 aliphatic rings. The highest BCUT2D eigenvalue weighted by atomic mass is 16.7. The van der Waals surface area contributed by atoms with Crippen LogP contribution in [-0.2, 0) is 9.53 Å². The third kappa shape index (κ3) is 7.92. The minimum absolute atomic E-state index is 0.0946. The molecule has 4 rings (SSSR count). The van der Waals surface area contributed by atoms with Gasteiger partial charge in [0.05, 0.1) is 18.0 Å². The number of benzene rings is 3. The fourth-order valence-corrected chi connectivity index (χ4v) is 4.42. The number of hydrogen-bond acceptors (Lipinski definition) is 8. The predicted octanol–water partition coefficient (Wildman–Crippen LogP) is 5.66. The Bertz CT molecular complexity index is 1390. The summed E-state index contributed by atoms with van der Waals surface area (Å²) in [5.74, 6) is 1.35. The summed E-state index contributed by atoms with van der Waals surface area (Å²) in [5, 5.41) is 14.8. The number of fused-ring (bicyclic) bond motifs is 1. The Balaban J connectivity index is 1.47. The zero-order chi connectivity index (χ0) is 29.2. The standard InChI is InChI=1S/C31H35N3O7/c1-31(2,16-8-7-13-28(36)34-24-11-5-4-10-23(24)32)29(22-9-3-6-12-25(22)38-18-17-35)41-30(37)33-21-14-15-26-27(19-21)40-20-39-26/h3-7,9-15,19,29,35H,8,16-18,20,32H2,1-2H3,(H,33,37)(H,34,36)/b13-7+/t29-/m1/s1. The molecule has 1 atom stereocenters. The molecule has 0 aromatic heterocycles. The average Bonchev–Trinajstić information content (AvgIpc) is 3.42. The van der Waals surface area contributed by atoms with Crippen LogP contribution in [0.5, 0.6) is 17.2 Å². The van der Waals surface area contributed by atoms with Crippen molar-refractivity contribution < 1.29 is 33.6 Å². The molecule has 0 aliphatic carbocycles. The Morgan fingerprint density at radius 3 is 2.61 bits per heavy atom. The summed E-state index contributed by atoms with van der Waals surface area (Å²) in [7, 11) is 0. The molecule has 0 spiro atoms. The van der Waals surface area contributed by atoms with Gasteiger partial charge in [-0.2, -0.15) is 0 Å². The van der Waals surface area contributed by atoms with Crippen LogP contribution >= 0.6 is 0 Å². The van der Waals surface area contributed by atoms with Crippen LogP contribution in [0.1, 0.15) is 38.4 Å². The quantitative estimate of drug-likeness (QED) is 0.164. The molecule has 10 heteroatoms. The van der Waals surface area contributed by atoms with Gasteiger partial charge in [-0.15, -0.1) is 0 Å². The van der Waals surface area contributed by atoms with Gasteiger partial charge in [0.2, 0.25) is 12.7 Å². The van der Waals surface area contributed by atoms with Gasteiger partial charge in [0.1, 0.15) is 18.5 Å². The largest absolute Gasteiger partial charge is 0.491 e. The maximum atomic E-state index is 13.1.